The molecule has 0 radical (unpaired) electrons. The number of aryl methyl sites for hydroxylation is 1. The van der Waals surface area contributed by atoms with Crippen LogP contribution in [0.5, 0.6) is 0 Å². The molecule has 118 valence electrons. The molecule has 0 bridgehead atoms. The fraction of sp³-hybridized carbons (Fsp3) is 0.312. The van der Waals surface area contributed by atoms with Crippen molar-refractivity contribution >= 4 is 11.5 Å². The summed E-state index contributed by atoms with van der Waals surface area (Å²) in [5, 5.41) is 17.5. The molecule has 2 heterocycles. The van der Waals surface area contributed by atoms with E-state index >= 15 is 0 Å². The molecule has 0 unspecified atom stereocenters. The minimum absolute atomic E-state index is 0.240. The van der Waals surface area contributed by atoms with Gasteiger partial charge in [0.1, 0.15) is 11.6 Å². The summed E-state index contributed by atoms with van der Waals surface area (Å²) in [6, 6.07) is 6.17. The quantitative estimate of drug-likeness (QED) is 0.805. The van der Waals surface area contributed by atoms with Crippen LogP contribution in [0, 0.1) is 25.2 Å². The van der Waals surface area contributed by atoms with E-state index in [9.17, 15) is 18.4 Å². The number of rotatable bonds is 1. The maximum atomic E-state index is 13.1. The molecule has 0 spiro atoms. The molecular weight excluding hydrogens is 305 g/mol. The third-order valence-corrected chi connectivity index (χ3v) is 4.14. The topological polar surface area (TPSA) is 52.8 Å². The van der Waals surface area contributed by atoms with Crippen LogP contribution >= 0.6 is 0 Å². The number of aromatic nitrogens is 2. The van der Waals surface area contributed by atoms with Crippen LogP contribution in [0.3, 0.4) is 0 Å². The lowest BCUT2D eigenvalue weighted by atomic mass is 10.0. The average Bonchev–Trinajstić information content (AvgIpc) is 2.92. The highest BCUT2D eigenvalue weighted by atomic mass is 19.4. The minimum Gasteiger partial charge on any atom is -0.323 e. The van der Waals surface area contributed by atoms with Crippen LogP contribution in [0.4, 0.5) is 24.7 Å². The van der Waals surface area contributed by atoms with Crippen LogP contribution in [0.2, 0.25) is 0 Å². The predicted molar refractivity (Wildman–Crippen MR) is 78.4 cm³/mol. The van der Waals surface area contributed by atoms with Gasteiger partial charge in [-0.15, -0.1) is 5.10 Å². The van der Waals surface area contributed by atoms with Gasteiger partial charge in [0.25, 0.3) is 0 Å². The smallest absolute Gasteiger partial charge is 0.323 e. The van der Waals surface area contributed by atoms with Crippen molar-refractivity contribution in [3.8, 4) is 6.07 Å². The van der Waals surface area contributed by atoms with Crippen LogP contribution in [-0.4, -0.2) is 16.7 Å². The third-order valence-electron chi connectivity index (χ3n) is 4.14. The van der Waals surface area contributed by atoms with E-state index in [-0.39, 0.29) is 12.0 Å². The Labute approximate surface area is 131 Å². The summed E-state index contributed by atoms with van der Waals surface area (Å²) < 4.78 is 39.4. The van der Waals surface area contributed by atoms with Crippen molar-refractivity contribution in [2.75, 3.05) is 11.4 Å². The van der Waals surface area contributed by atoms with E-state index in [1.807, 2.05) is 0 Å². The number of nitriles is 1. The second-order valence-corrected chi connectivity index (χ2v) is 5.42. The molecule has 2 aromatic rings. The number of nitrogens with zero attached hydrogens (tertiary/aromatic N) is 4. The summed E-state index contributed by atoms with van der Waals surface area (Å²) in [5.74, 6) is 0.314. The first kappa shape index (κ1) is 15.3. The van der Waals surface area contributed by atoms with Crippen molar-refractivity contribution in [3.63, 3.8) is 0 Å². The van der Waals surface area contributed by atoms with E-state index in [4.69, 9.17) is 0 Å². The molecule has 7 heteroatoms. The van der Waals surface area contributed by atoms with Crippen molar-refractivity contribution in [3.05, 3.63) is 46.1 Å². The summed E-state index contributed by atoms with van der Waals surface area (Å²) in [6.07, 6.45) is -4.14. The minimum atomic E-state index is -4.39. The molecule has 0 N–H and O–H groups in total. The van der Waals surface area contributed by atoms with Gasteiger partial charge in [0.15, 0.2) is 5.82 Å². The molecule has 0 fully saturated rings. The van der Waals surface area contributed by atoms with Gasteiger partial charge in [0.05, 0.1) is 11.3 Å². The fourth-order valence-corrected chi connectivity index (χ4v) is 2.84. The van der Waals surface area contributed by atoms with E-state index < -0.39 is 11.7 Å². The Balaban J connectivity index is 2.16. The van der Waals surface area contributed by atoms with Crippen LogP contribution in [0.1, 0.15) is 27.9 Å². The molecule has 3 rings (SSSR count). The lowest BCUT2D eigenvalue weighted by molar-refractivity contribution is -0.138. The lowest BCUT2D eigenvalue weighted by Gasteiger charge is -2.20. The summed E-state index contributed by atoms with van der Waals surface area (Å²) >= 11 is 0. The van der Waals surface area contributed by atoms with E-state index in [0.29, 0.717) is 34.9 Å². The van der Waals surface area contributed by atoms with Gasteiger partial charge in [-0.3, -0.25) is 0 Å². The number of benzene rings is 1. The molecule has 1 aromatic carbocycles. The van der Waals surface area contributed by atoms with Crippen molar-refractivity contribution in [2.45, 2.75) is 26.4 Å². The van der Waals surface area contributed by atoms with Gasteiger partial charge in [-0.25, -0.2) is 0 Å². The first-order chi connectivity index (χ1) is 10.8. The Bertz CT molecular complexity index is 821. The molecule has 0 amide bonds. The highest BCUT2D eigenvalue weighted by Gasteiger charge is 2.37. The zero-order valence-electron chi connectivity index (χ0n) is 12.6. The zero-order valence-corrected chi connectivity index (χ0v) is 12.6. The lowest BCUT2D eigenvalue weighted by Crippen LogP contribution is -2.18. The number of alkyl halides is 3. The zero-order chi connectivity index (χ0) is 16.8. The first-order valence-electron chi connectivity index (χ1n) is 7.05. The van der Waals surface area contributed by atoms with Crippen molar-refractivity contribution in [1.82, 2.24) is 10.2 Å². The van der Waals surface area contributed by atoms with Crippen LogP contribution in [-0.2, 0) is 12.6 Å². The van der Waals surface area contributed by atoms with Crippen molar-refractivity contribution in [2.24, 2.45) is 0 Å². The second-order valence-electron chi connectivity index (χ2n) is 5.42. The first-order valence-corrected chi connectivity index (χ1v) is 7.05. The Kier molecular flexibility index (Phi) is 3.48. The van der Waals surface area contributed by atoms with Gasteiger partial charge in [0, 0.05) is 12.2 Å². The number of anilines is 2. The Morgan fingerprint density at radius 2 is 1.96 bits per heavy atom. The van der Waals surface area contributed by atoms with Gasteiger partial charge in [-0.05, 0) is 43.5 Å². The Hall–Kier alpha value is -2.62. The van der Waals surface area contributed by atoms with Gasteiger partial charge >= 0.3 is 6.18 Å². The summed E-state index contributed by atoms with van der Waals surface area (Å²) in [6.45, 7) is 3.84. The van der Waals surface area contributed by atoms with Gasteiger partial charge in [-0.1, -0.05) is 6.07 Å². The van der Waals surface area contributed by atoms with Crippen molar-refractivity contribution in [1.29, 1.82) is 5.26 Å². The molecule has 1 aromatic heterocycles. The average molecular weight is 318 g/mol. The molecule has 4 nitrogen and oxygen atoms in total. The van der Waals surface area contributed by atoms with E-state index in [2.05, 4.69) is 16.3 Å². The fourth-order valence-electron chi connectivity index (χ4n) is 2.84. The number of hydrogen-bond acceptors (Lipinski definition) is 4. The predicted octanol–water partition coefficient (Wildman–Crippen LogP) is 3.68. The van der Waals surface area contributed by atoms with Gasteiger partial charge < -0.3 is 4.90 Å². The summed E-state index contributed by atoms with van der Waals surface area (Å²) in [7, 11) is 0. The maximum absolute atomic E-state index is 13.1. The molecule has 0 atom stereocenters. The number of hydrogen-bond donors (Lipinski definition) is 0. The monoisotopic (exact) mass is 318 g/mol. The third kappa shape index (κ3) is 2.40. The van der Waals surface area contributed by atoms with Crippen LogP contribution in [0.15, 0.2) is 18.2 Å². The van der Waals surface area contributed by atoms with E-state index in [1.165, 1.54) is 6.07 Å². The second kappa shape index (κ2) is 5.23. The molecule has 0 aliphatic carbocycles. The Morgan fingerprint density at radius 3 is 2.61 bits per heavy atom. The molecule has 0 saturated carbocycles. The highest BCUT2D eigenvalue weighted by Crippen LogP contribution is 2.42. The molecule has 1 aliphatic rings. The van der Waals surface area contributed by atoms with E-state index in [0.717, 1.165) is 6.07 Å². The molecule has 23 heavy (non-hydrogen) atoms. The van der Waals surface area contributed by atoms with Crippen LogP contribution in [0.25, 0.3) is 0 Å². The van der Waals surface area contributed by atoms with Gasteiger partial charge in [-0.2, -0.15) is 23.5 Å². The largest absolute Gasteiger partial charge is 0.416 e. The number of fused-ring (bicyclic) bond motifs is 1. The van der Waals surface area contributed by atoms with Gasteiger partial charge in [0.2, 0.25) is 0 Å². The Morgan fingerprint density at radius 1 is 1.22 bits per heavy atom. The standard InChI is InChI=1S/C16H13F3N4/c1-9-10(2)21-22-15(12(9)8-20)23-7-6-11-13(16(17,18)19)4-3-5-14(11)23/h3-5H,6-7H2,1-2H3. The van der Waals surface area contributed by atoms with E-state index in [1.54, 1.807) is 24.8 Å². The molecule has 1 aliphatic heterocycles. The highest BCUT2D eigenvalue weighted by molar-refractivity contribution is 5.73. The number of halogens is 3. The van der Waals surface area contributed by atoms with Crippen LogP contribution < -0.4 is 4.90 Å². The summed E-state index contributed by atoms with van der Waals surface area (Å²) in [4.78, 5) is 1.64. The van der Waals surface area contributed by atoms with Crippen molar-refractivity contribution < 1.29 is 13.2 Å². The molecular formula is C16H13F3N4. The molecule has 0 saturated heterocycles. The maximum Gasteiger partial charge on any atom is 0.416 e. The normalized spacial score (nSPS) is 13.8. The summed E-state index contributed by atoms with van der Waals surface area (Å²) in [5.41, 5.74) is 1.72. The SMILES string of the molecule is Cc1nnc(N2CCc3c2cccc3C(F)(F)F)c(C#N)c1C.